The Bertz CT molecular complexity index is 848. The van der Waals surface area contributed by atoms with Crippen molar-refractivity contribution in [1.82, 2.24) is 15.3 Å². The average molecular weight is 340 g/mol. The highest BCUT2D eigenvalue weighted by atomic mass is 16.3. The third kappa shape index (κ3) is 4.54. The van der Waals surface area contributed by atoms with E-state index in [0.717, 1.165) is 5.69 Å². The van der Waals surface area contributed by atoms with E-state index in [1.807, 2.05) is 18.2 Å². The first kappa shape index (κ1) is 16.9. The topological polar surface area (TPSA) is 100 Å². The van der Waals surface area contributed by atoms with Gasteiger partial charge in [0, 0.05) is 43.6 Å². The Labute approximate surface area is 145 Å². The molecule has 0 aliphatic rings. The average Bonchev–Trinajstić information content (AvgIpc) is 2.98. The lowest BCUT2D eigenvalue weighted by Crippen LogP contribution is -2.35. The molecule has 0 radical (unpaired) electrons. The normalized spacial score (nSPS) is 12.1. The second kappa shape index (κ2) is 7.76. The van der Waals surface area contributed by atoms with E-state index in [-0.39, 0.29) is 18.6 Å². The van der Waals surface area contributed by atoms with Crippen molar-refractivity contribution in [3.63, 3.8) is 0 Å². The number of urea groups is 1. The van der Waals surface area contributed by atoms with Gasteiger partial charge in [0.2, 0.25) is 0 Å². The van der Waals surface area contributed by atoms with Gasteiger partial charge in [0.15, 0.2) is 11.5 Å². The van der Waals surface area contributed by atoms with Crippen LogP contribution in [0, 0.1) is 12.8 Å². The second-order valence-corrected chi connectivity index (χ2v) is 5.82. The van der Waals surface area contributed by atoms with Crippen LogP contribution in [-0.4, -0.2) is 34.3 Å². The summed E-state index contributed by atoms with van der Waals surface area (Å²) >= 11 is 0. The number of nitrogens with zero attached hydrogens (tertiary/aromatic N) is 2. The molecule has 0 fully saturated rings. The van der Waals surface area contributed by atoms with Gasteiger partial charge < -0.3 is 20.2 Å². The van der Waals surface area contributed by atoms with Crippen LogP contribution in [0.4, 0.5) is 10.5 Å². The van der Waals surface area contributed by atoms with Crippen LogP contribution < -0.4 is 10.6 Å². The number of amides is 2. The Balaban J connectivity index is 1.53. The minimum Gasteiger partial charge on any atom is -0.441 e. The van der Waals surface area contributed by atoms with Gasteiger partial charge in [-0.05, 0) is 36.8 Å². The number of benzene rings is 1. The van der Waals surface area contributed by atoms with E-state index in [9.17, 15) is 9.90 Å². The number of aliphatic hydroxyl groups is 1. The zero-order chi connectivity index (χ0) is 17.6. The lowest BCUT2D eigenvalue weighted by molar-refractivity contribution is 0.217. The van der Waals surface area contributed by atoms with Gasteiger partial charge in [-0.3, -0.25) is 4.98 Å². The minimum atomic E-state index is -0.334. The van der Waals surface area contributed by atoms with Crippen molar-refractivity contribution in [1.29, 1.82) is 0 Å². The maximum absolute atomic E-state index is 12.1. The number of pyridine rings is 1. The molecule has 0 saturated heterocycles. The van der Waals surface area contributed by atoms with Crippen LogP contribution in [0.2, 0.25) is 0 Å². The summed E-state index contributed by atoms with van der Waals surface area (Å²) in [7, 11) is 0. The Kier molecular flexibility index (Phi) is 5.25. The maximum atomic E-state index is 12.1. The number of aryl methyl sites for hydroxylation is 1. The number of fused-ring (bicyclic) bond motifs is 1. The standard InChI is InChI=1S/C18H20N4O3/c1-12-21-16-9-15(5-6-17(16)25-12)22-18(24)20-10-13(11-23)8-14-4-2-3-7-19-14/h2-7,9,13,23H,8,10-11H2,1H3,(H2,20,22,24). The molecule has 1 aromatic carbocycles. The van der Waals surface area contributed by atoms with Gasteiger partial charge in [-0.25, -0.2) is 9.78 Å². The predicted octanol–water partition coefficient (Wildman–Crippen LogP) is 2.50. The summed E-state index contributed by atoms with van der Waals surface area (Å²) in [5, 5.41) is 15.0. The quantitative estimate of drug-likeness (QED) is 0.640. The molecule has 2 aromatic heterocycles. The lowest BCUT2D eigenvalue weighted by atomic mass is 10.0. The molecule has 3 rings (SSSR count). The molecule has 0 saturated carbocycles. The van der Waals surface area contributed by atoms with Gasteiger partial charge >= 0.3 is 6.03 Å². The Morgan fingerprint density at radius 3 is 2.96 bits per heavy atom. The largest absolute Gasteiger partial charge is 0.441 e. The Morgan fingerprint density at radius 2 is 2.20 bits per heavy atom. The van der Waals surface area contributed by atoms with Gasteiger partial charge in [0.25, 0.3) is 0 Å². The molecule has 0 aliphatic heterocycles. The van der Waals surface area contributed by atoms with Crippen molar-refractivity contribution < 1.29 is 14.3 Å². The van der Waals surface area contributed by atoms with Crippen LogP contribution in [0.15, 0.2) is 47.0 Å². The van der Waals surface area contributed by atoms with Crippen molar-refractivity contribution in [2.75, 3.05) is 18.5 Å². The van der Waals surface area contributed by atoms with Crippen molar-refractivity contribution in [2.45, 2.75) is 13.3 Å². The predicted molar refractivity (Wildman–Crippen MR) is 94.3 cm³/mol. The van der Waals surface area contributed by atoms with Crippen molar-refractivity contribution in [3.8, 4) is 0 Å². The number of hydrogen-bond donors (Lipinski definition) is 3. The van der Waals surface area contributed by atoms with Crippen molar-refractivity contribution in [3.05, 3.63) is 54.2 Å². The molecule has 25 heavy (non-hydrogen) atoms. The van der Waals surface area contributed by atoms with E-state index in [1.54, 1.807) is 31.3 Å². The van der Waals surface area contributed by atoms with E-state index in [0.29, 0.717) is 35.6 Å². The first-order valence-electron chi connectivity index (χ1n) is 8.07. The number of carbonyl (C=O) groups excluding carboxylic acids is 1. The minimum absolute atomic E-state index is 0.0268. The maximum Gasteiger partial charge on any atom is 0.319 e. The number of aromatic nitrogens is 2. The van der Waals surface area contributed by atoms with Crippen LogP contribution in [-0.2, 0) is 6.42 Å². The lowest BCUT2D eigenvalue weighted by Gasteiger charge is -2.15. The summed E-state index contributed by atoms with van der Waals surface area (Å²) in [6.07, 6.45) is 2.31. The SMILES string of the molecule is Cc1nc2cc(NC(=O)NCC(CO)Cc3ccccn3)ccc2o1. The van der Waals surface area contributed by atoms with E-state index in [2.05, 4.69) is 20.6 Å². The van der Waals surface area contributed by atoms with Gasteiger partial charge in [0.05, 0.1) is 0 Å². The summed E-state index contributed by atoms with van der Waals surface area (Å²) in [5.74, 6) is 0.484. The molecule has 2 amide bonds. The first-order valence-corrected chi connectivity index (χ1v) is 8.07. The van der Waals surface area contributed by atoms with E-state index >= 15 is 0 Å². The summed E-state index contributed by atoms with van der Waals surface area (Å²) < 4.78 is 5.40. The molecule has 0 spiro atoms. The zero-order valence-corrected chi connectivity index (χ0v) is 13.9. The van der Waals surface area contributed by atoms with Crippen LogP contribution in [0.25, 0.3) is 11.1 Å². The van der Waals surface area contributed by atoms with Crippen LogP contribution in [0.5, 0.6) is 0 Å². The molecule has 3 aromatic rings. The summed E-state index contributed by atoms with van der Waals surface area (Å²) in [4.78, 5) is 20.5. The third-order valence-electron chi connectivity index (χ3n) is 3.79. The first-order chi connectivity index (χ1) is 12.1. The highest BCUT2D eigenvalue weighted by Crippen LogP contribution is 2.19. The third-order valence-corrected chi connectivity index (χ3v) is 3.79. The fraction of sp³-hybridized carbons (Fsp3) is 0.278. The van der Waals surface area contributed by atoms with Crippen molar-refractivity contribution >= 4 is 22.8 Å². The highest BCUT2D eigenvalue weighted by molar-refractivity contribution is 5.91. The number of hydrogen-bond acceptors (Lipinski definition) is 5. The van der Waals surface area contributed by atoms with Gasteiger partial charge in [-0.15, -0.1) is 0 Å². The molecule has 7 nitrogen and oxygen atoms in total. The van der Waals surface area contributed by atoms with E-state index < -0.39 is 0 Å². The van der Waals surface area contributed by atoms with Gasteiger partial charge in [0.1, 0.15) is 5.52 Å². The molecule has 7 heteroatoms. The number of carbonyl (C=O) groups is 1. The fourth-order valence-corrected chi connectivity index (χ4v) is 2.55. The molecule has 3 N–H and O–H groups in total. The Hall–Kier alpha value is -2.93. The number of anilines is 1. The van der Waals surface area contributed by atoms with Gasteiger partial charge in [-0.2, -0.15) is 0 Å². The molecule has 1 atom stereocenters. The molecular formula is C18H20N4O3. The van der Waals surface area contributed by atoms with Gasteiger partial charge in [-0.1, -0.05) is 6.07 Å². The molecule has 0 bridgehead atoms. The Morgan fingerprint density at radius 1 is 1.32 bits per heavy atom. The number of rotatable bonds is 6. The van der Waals surface area contributed by atoms with E-state index in [1.165, 1.54) is 0 Å². The molecule has 130 valence electrons. The monoisotopic (exact) mass is 340 g/mol. The zero-order valence-electron chi connectivity index (χ0n) is 13.9. The van der Waals surface area contributed by atoms with Crippen LogP contribution in [0.3, 0.4) is 0 Å². The number of aliphatic hydroxyl groups excluding tert-OH is 1. The van der Waals surface area contributed by atoms with E-state index in [4.69, 9.17) is 4.42 Å². The molecule has 0 aliphatic carbocycles. The van der Waals surface area contributed by atoms with Crippen molar-refractivity contribution in [2.24, 2.45) is 5.92 Å². The number of nitrogens with one attached hydrogen (secondary N) is 2. The highest BCUT2D eigenvalue weighted by Gasteiger charge is 2.12. The summed E-state index contributed by atoms with van der Waals surface area (Å²) in [6.45, 7) is 2.10. The summed E-state index contributed by atoms with van der Waals surface area (Å²) in [5.41, 5.74) is 2.89. The molecule has 1 unspecified atom stereocenters. The molecular weight excluding hydrogens is 320 g/mol. The molecule has 2 heterocycles. The number of oxazole rings is 1. The fourth-order valence-electron chi connectivity index (χ4n) is 2.55. The smallest absolute Gasteiger partial charge is 0.319 e. The van der Waals surface area contributed by atoms with Crippen LogP contribution in [0.1, 0.15) is 11.6 Å². The second-order valence-electron chi connectivity index (χ2n) is 5.82. The summed E-state index contributed by atoms with van der Waals surface area (Å²) in [6, 6.07) is 10.6. The van der Waals surface area contributed by atoms with Crippen LogP contribution >= 0.6 is 0 Å².